The third kappa shape index (κ3) is 4.12. The maximum absolute atomic E-state index is 2.69. The van der Waals surface area contributed by atoms with Crippen LogP contribution in [0.5, 0.6) is 0 Å². The van der Waals surface area contributed by atoms with Gasteiger partial charge in [-0.05, 0) is 61.7 Å². The van der Waals surface area contributed by atoms with Crippen LogP contribution in [0.3, 0.4) is 0 Å². The topological polar surface area (TPSA) is 6.48 Å². The zero-order chi connectivity index (χ0) is 15.5. The third-order valence-corrected chi connectivity index (χ3v) is 6.85. The van der Waals surface area contributed by atoms with Gasteiger partial charge in [0.05, 0.1) is 0 Å². The van der Waals surface area contributed by atoms with Gasteiger partial charge in [0.2, 0.25) is 0 Å². The number of benzene rings is 1. The van der Waals surface area contributed by atoms with E-state index in [4.69, 9.17) is 0 Å². The van der Waals surface area contributed by atoms with Crippen molar-refractivity contribution in [2.45, 2.75) is 38.1 Å². The summed E-state index contributed by atoms with van der Waals surface area (Å²) < 4.78 is 0. The van der Waals surface area contributed by atoms with E-state index in [0.717, 1.165) is 18.4 Å². The van der Waals surface area contributed by atoms with Crippen LogP contribution in [0.1, 0.15) is 42.7 Å². The molecule has 0 aromatic heterocycles. The number of rotatable bonds is 5. The lowest BCUT2D eigenvalue weighted by Crippen LogP contribution is -2.40. The Morgan fingerprint density at radius 2 is 1.57 bits per heavy atom. The molecule has 4 rings (SSSR count). The molecule has 2 saturated heterocycles. The Morgan fingerprint density at radius 3 is 2.26 bits per heavy atom. The molecule has 1 aromatic carbocycles. The predicted molar refractivity (Wildman–Crippen MR) is 100 cm³/mol. The molecule has 3 heteroatoms. The van der Waals surface area contributed by atoms with Crippen LogP contribution >= 0.6 is 11.8 Å². The summed E-state index contributed by atoms with van der Waals surface area (Å²) in [6.45, 7) is 7.72. The van der Waals surface area contributed by atoms with Gasteiger partial charge in [0.15, 0.2) is 0 Å². The fourth-order valence-corrected chi connectivity index (χ4v) is 5.38. The summed E-state index contributed by atoms with van der Waals surface area (Å²) in [5.74, 6) is 4.47. The SMILES string of the molecule is c1cc([C@H]2C[C@@H](CN3CCSCC3)C2)ccc1CN1CCCC1. The molecule has 0 amide bonds. The van der Waals surface area contributed by atoms with E-state index in [1.807, 2.05) is 0 Å². The molecule has 1 aromatic rings. The number of nitrogens with zero attached hydrogens (tertiary/aromatic N) is 2. The fraction of sp³-hybridized carbons (Fsp3) is 0.700. The first-order valence-electron chi connectivity index (χ1n) is 9.48. The van der Waals surface area contributed by atoms with Gasteiger partial charge in [-0.25, -0.2) is 0 Å². The molecule has 0 bridgehead atoms. The van der Waals surface area contributed by atoms with E-state index in [2.05, 4.69) is 45.8 Å². The van der Waals surface area contributed by atoms with Gasteiger partial charge in [0, 0.05) is 37.7 Å². The van der Waals surface area contributed by atoms with Crippen LogP contribution in [0, 0.1) is 5.92 Å². The van der Waals surface area contributed by atoms with Gasteiger partial charge >= 0.3 is 0 Å². The molecule has 0 radical (unpaired) electrons. The molecule has 1 aliphatic carbocycles. The molecule has 3 aliphatic rings. The fourth-order valence-electron chi connectivity index (χ4n) is 4.40. The van der Waals surface area contributed by atoms with Crippen molar-refractivity contribution in [3.63, 3.8) is 0 Å². The first-order valence-corrected chi connectivity index (χ1v) is 10.6. The van der Waals surface area contributed by atoms with Gasteiger partial charge in [-0.2, -0.15) is 11.8 Å². The average Bonchev–Trinajstić information content (AvgIpc) is 3.06. The van der Waals surface area contributed by atoms with Crippen LogP contribution in [0.25, 0.3) is 0 Å². The second-order valence-corrected chi connectivity index (χ2v) is 8.90. The van der Waals surface area contributed by atoms with E-state index in [9.17, 15) is 0 Å². The lowest BCUT2D eigenvalue weighted by molar-refractivity contribution is 0.168. The largest absolute Gasteiger partial charge is 0.301 e. The summed E-state index contributed by atoms with van der Waals surface area (Å²) >= 11 is 2.12. The Labute approximate surface area is 145 Å². The first-order chi connectivity index (χ1) is 11.4. The van der Waals surface area contributed by atoms with Gasteiger partial charge in [-0.3, -0.25) is 4.90 Å². The molecule has 0 spiro atoms. The quantitative estimate of drug-likeness (QED) is 0.810. The highest BCUT2D eigenvalue weighted by atomic mass is 32.2. The normalized spacial score (nSPS) is 29.6. The van der Waals surface area contributed by atoms with Crippen LogP contribution in [-0.2, 0) is 6.54 Å². The van der Waals surface area contributed by atoms with Crippen molar-refractivity contribution in [2.75, 3.05) is 44.2 Å². The highest BCUT2D eigenvalue weighted by molar-refractivity contribution is 7.99. The second-order valence-electron chi connectivity index (χ2n) is 7.67. The van der Waals surface area contributed by atoms with Crippen LogP contribution < -0.4 is 0 Å². The molecule has 23 heavy (non-hydrogen) atoms. The maximum Gasteiger partial charge on any atom is 0.0233 e. The van der Waals surface area contributed by atoms with Crippen molar-refractivity contribution in [1.29, 1.82) is 0 Å². The van der Waals surface area contributed by atoms with Gasteiger partial charge in [-0.15, -0.1) is 0 Å². The Hall–Kier alpha value is -0.510. The summed E-state index contributed by atoms with van der Waals surface area (Å²) in [5, 5.41) is 0. The molecule has 0 atom stereocenters. The number of likely N-dealkylation sites (tertiary alicyclic amines) is 1. The highest BCUT2D eigenvalue weighted by Gasteiger charge is 2.31. The maximum atomic E-state index is 2.69. The van der Waals surface area contributed by atoms with Crippen molar-refractivity contribution in [1.82, 2.24) is 9.80 Å². The predicted octanol–water partition coefficient (Wildman–Crippen LogP) is 3.82. The molecule has 0 unspecified atom stereocenters. The molecule has 2 nitrogen and oxygen atoms in total. The minimum atomic E-state index is 0.833. The van der Waals surface area contributed by atoms with Crippen molar-refractivity contribution in [2.24, 2.45) is 5.92 Å². The molecule has 1 saturated carbocycles. The van der Waals surface area contributed by atoms with Gasteiger partial charge < -0.3 is 4.90 Å². The summed E-state index contributed by atoms with van der Waals surface area (Å²) in [6.07, 6.45) is 5.60. The van der Waals surface area contributed by atoms with Crippen LogP contribution in [0.4, 0.5) is 0 Å². The molecule has 3 fully saturated rings. The average molecular weight is 331 g/mol. The van der Waals surface area contributed by atoms with Crippen LogP contribution in [0.15, 0.2) is 24.3 Å². The van der Waals surface area contributed by atoms with Gasteiger partial charge in [0.25, 0.3) is 0 Å². The van der Waals surface area contributed by atoms with E-state index in [1.54, 1.807) is 5.56 Å². The van der Waals surface area contributed by atoms with Gasteiger partial charge in [-0.1, -0.05) is 24.3 Å². The molecular weight excluding hydrogens is 300 g/mol. The van der Waals surface area contributed by atoms with E-state index < -0.39 is 0 Å². The number of thioether (sulfide) groups is 1. The zero-order valence-electron chi connectivity index (χ0n) is 14.3. The van der Waals surface area contributed by atoms with E-state index in [1.165, 1.54) is 75.5 Å². The van der Waals surface area contributed by atoms with Crippen molar-refractivity contribution in [3.05, 3.63) is 35.4 Å². The Kier molecular flexibility index (Phi) is 5.27. The standard InChI is InChI=1S/C20H30N2S/c1-2-8-21(7-1)15-17-3-5-19(6-4-17)20-13-18(14-20)16-22-9-11-23-12-10-22/h3-6,18,20H,1-2,7-16H2/t18-,20+. The summed E-state index contributed by atoms with van der Waals surface area (Å²) in [6, 6.07) is 9.57. The monoisotopic (exact) mass is 330 g/mol. The van der Waals surface area contributed by atoms with Crippen molar-refractivity contribution in [3.8, 4) is 0 Å². The molecular formula is C20H30N2S. The van der Waals surface area contributed by atoms with E-state index in [-0.39, 0.29) is 0 Å². The Balaban J connectivity index is 1.23. The molecule has 2 aliphatic heterocycles. The van der Waals surface area contributed by atoms with Crippen LogP contribution in [-0.4, -0.2) is 54.0 Å². The van der Waals surface area contributed by atoms with E-state index >= 15 is 0 Å². The molecule has 126 valence electrons. The highest BCUT2D eigenvalue weighted by Crippen LogP contribution is 2.42. The van der Waals surface area contributed by atoms with Crippen molar-refractivity contribution >= 4 is 11.8 Å². The Bertz CT molecular complexity index is 483. The van der Waals surface area contributed by atoms with Crippen LogP contribution in [0.2, 0.25) is 0 Å². The van der Waals surface area contributed by atoms with Gasteiger partial charge in [0.1, 0.15) is 0 Å². The molecule has 0 N–H and O–H groups in total. The minimum absolute atomic E-state index is 0.833. The lowest BCUT2D eigenvalue weighted by atomic mass is 9.71. The first kappa shape index (κ1) is 16.0. The number of hydrogen-bond donors (Lipinski definition) is 0. The van der Waals surface area contributed by atoms with Crippen molar-refractivity contribution < 1.29 is 0 Å². The Morgan fingerprint density at radius 1 is 0.870 bits per heavy atom. The smallest absolute Gasteiger partial charge is 0.0233 e. The van der Waals surface area contributed by atoms with E-state index in [0.29, 0.717) is 0 Å². The zero-order valence-corrected chi connectivity index (χ0v) is 15.1. The second kappa shape index (κ2) is 7.58. The summed E-state index contributed by atoms with van der Waals surface area (Å²) in [4.78, 5) is 5.28. The minimum Gasteiger partial charge on any atom is -0.301 e. The molecule has 2 heterocycles. The summed E-state index contributed by atoms with van der Waals surface area (Å²) in [5.41, 5.74) is 3.08. The summed E-state index contributed by atoms with van der Waals surface area (Å²) in [7, 11) is 0. The number of hydrogen-bond acceptors (Lipinski definition) is 3. The lowest BCUT2D eigenvalue weighted by Gasteiger charge is -2.40. The third-order valence-electron chi connectivity index (χ3n) is 5.91.